The minimum Gasteiger partial charge on any atom is -0.478 e. The van der Waals surface area contributed by atoms with Crippen LogP contribution in [0.5, 0.6) is 0 Å². The lowest BCUT2D eigenvalue weighted by atomic mass is 10.0. The van der Waals surface area contributed by atoms with Gasteiger partial charge in [-0.2, -0.15) is 16.6 Å². The lowest BCUT2D eigenvalue weighted by Crippen LogP contribution is -2.12. The van der Waals surface area contributed by atoms with Gasteiger partial charge in [0.15, 0.2) is 0 Å². The number of nitrogens with two attached hydrogens (primary N) is 1. The average molecular weight is 196 g/mol. The average Bonchev–Trinajstić information content (AvgIpc) is 2.52. The van der Waals surface area contributed by atoms with Crippen LogP contribution in [-0.4, -0.2) is 11.1 Å². The molecule has 0 spiro atoms. The van der Waals surface area contributed by atoms with Gasteiger partial charge in [-0.1, -0.05) is 0 Å². The minimum absolute atomic E-state index is 0.136. The van der Waals surface area contributed by atoms with Gasteiger partial charge in [-0.15, -0.1) is 0 Å². The van der Waals surface area contributed by atoms with Crippen molar-refractivity contribution in [3.63, 3.8) is 0 Å². The molecule has 0 unspecified atom stereocenters. The molecule has 0 radical (unpaired) electrons. The largest absolute Gasteiger partial charge is 0.478 e. The van der Waals surface area contributed by atoms with Gasteiger partial charge in [0.05, 0.1) is 18.1 Å². The standard InChI is InChI=1S/C8H8N2O2S/c9-2-1-7(10)5-3-13-4-6(5)8(11)12/h3-4,7H,1,10H2,(H,11,12)/t7-/m0/s1. The summed E-state index contributed by atoms with van der Waals surface area (Å²) in [6, 6.07) is 1.41. The highest BCUT2D eigenvalue weighted by Crippen LogP contribution is 2.22. The van der Waals surface area contributed by atoms with E-state index in [-0.39, 0.29) is 12.0 Å². The summed E-state index contributed by atoms with van der Waals surface area (Å²) in [6.45, 7) is 0. The molecule has 0 amide bonds. The summed E-state index contributed by atoms with van der Waals surface area (Å²) in [7, 11) is 0. The zero-order chi connectivity index (χ0) is 9.84. The fraction of sp³-hybridized carbons (Fsp3) is 0.250. The van der Waals surface area contributed by atoms with Gasteiger partial charge in [0.1, 0.15) is 0 Å². The van der Waals surface area contributed by atoms with Gasteiger partial charge < -0.3 is 10.8 Å². The topological polar surface area (TPSA) is 87.1 Å². The Balaban J connectivity index is 2.94. The van der Waals surface area contributed by atoms with E-state index in [1.165, 1.54) is 16.7 Å². The predicted molar refractivity (Wildman–Crippen MR) is 48.4 cm³/mol. The van der Waals surface area contributed by atoms with Crippen molar-refractivity contribution in [3.8, 4) is 6.07 Å². The molecule has 3 N–H and O–H groups in total. The summed E-state index contributed by atoms with van der Waals surface area (Å²) in [5.74, 6) is -0.996. The molecule has 0 aliphatic carbocycles. The SMILES string of the molecule is N#CC[C@H](N)c1cscc1C(=O)O. The highest BCUT2D eigenvalue weighted by molar-refractivity contribution is 7.08. The van der Waals surface area contributed by atoms with Crippen LogP contribution in [0.4, 0.5) is 0 Å². The Kier molecular flexibility index (Phi) is 3.01. The first-order valence-corrected chi connectivity index (χ1v) is 4.53. The smallest absolute Gasteiger partial charge is 0.336 e. The molecule has 1 rings (SSSR count). The van der Waals surface area contributed by atoms with Crippen LogP contribution in [0.2, 0.25) is 0 Å². The second-order valence-corrected chi connectivity index (χ2v) is 3.26. The highest BCUT2D eigenvalue weighted by atomic mass is 32.1. The maximum atomic E-state index is 10.7. The van der Waals surface area contributed by atoms with E-state index < -0.39 is 12.0 Å². The Bertz CT molecular complexity index is 353. The second kappa shape index (κ2) is 4.03. The molecule has 0 aromatic carbocycles. The Labute approximate surface area is 79.2 Å². The second-order valence-electron chi connectivity index (χ2n) is 2.51. The summed E-state index contributed by atoms with van der Waals surface area (Å²) in [5.41, 5.74) is 6.35. The Hall–Kier alpha value is -1.38. The van der Waals surface area contributed by atoms with Crippen LogP contribution in [0.15, 0.2) is 10.8 Å². The summed E-state index contributed by atoms with van der Waals surface area (Å²) < 4.78 is 0. The molecule has 1 aromatic rings. The van der Waals surface area contributed by atoms with Crippen molar-refractivity contribution in [2.45, 2.75) is 12.5 Å². The van der Waals surface area contributed by atoms with Crippen molar-refractivity contribution in [2.24, 2.45) is 5.73 Å². The fourth-order valence-corrected chi connectivity index (χ4v) is 1.87. The van der Waals surface area contributed by atoms with E-state index >= 15 is 0 Å². The molecule has 5 heteroatoms. The molecule has 0 bridgehead atoms. The van der Waals surface area contributed by atoms with Crippen molar-refractivity contribution in [1.82, 2.24) is 0 Å². The summed E-state index contributed by atoms with van der Waals surface area (Å²) in [4.78, 5) is 10.7. The van der Waals surface area contributed by atoms with E-state index in [0.29, 0.717) is 5.56 Å². The molecule has 4 nitrogen and oxygen atoms in total. The van der Waals surface area contributed by atoms with Crippen LogP contribution < -0.4 is 5.73 Å². The van der Waals surface area contributed by atoms with Crippen molar-refractivity contribution in [2.75, 3.05) is 0 Å². The van der Waals surface area contributed by atoms with Crippen molar-refractivity contribution in [3.05, 3.63) is 21.9 Å². The summed E-state index contributed by atoms with van der Waals surface area (Å²) >= 11 is 1.28. The van der Waals surface area contributed by atoms with Gasteiger partial charge in [-0.3, -0.25) is 0 Å². The Morgan fingerprint density at radius 1 is 1.77 bits per heavy atom. The number of carboxylic acids is 1. The molecular formula is C8H8N2O2S. The molecule has 0 saturated carbocycles. The minimum atomic E-state index is -0.996. The van der Waals surface area contributed by atoms with Gasteiger partial charge in [0.25, 0.3) is 0 Å². The van der Waals surface area contributed by atoms with Gasteiger partial charge >= 0.3 is 5.97 Å². The number of rotatable bonds is 3. The third-order valence-corrected chi connectivity index (χ3v) is 2.39. The van der Waals surface area contributed by atoms with Crippen LogP contribution in [0.25, 0.3) is 0 Å². The molecule has 1 heterocycles. The van der Waals surface area contributed by atoms with E-state index in [4.69, 9.17) is 16.1 Å². The first kappa shape index (κ1) is 9.71. The fourth-order valence-electron chi connectivity index (χ4n) is 0.976. The van der Waals surface area contributed by atoms with Crippen LogP contribution in [0, 0.1) is 11.3 Å². The number of carboxylic acid groups (broad SMARTS) is 1. The van der Waals surface area contributed by atoms with E-state index in [0.717, 1.165) is 0 Å². The third kappa shape index (κ3) is 2.05. The molecular weight excluding hydrogens is 188 g/mol. The van der Waals surface area contributed by atoms with Gasteiger partial charge in [0, 0.05) is 11.4 Å². The molecule has 0 aliphatic rings. The van der Waals surface area contributed by atoms with Gasteiger partial charge in [-0.05, 0) is 10.9 Å². The highest BCUT2D eigenvalue weighted by Gasteiger charge is 2.16. The maximum Gasteiger partial charge on any atom is 0.336 e. The quantitative estimate of drug-likeness (QED) is 0.764. The number of nitriles is 1. The number of hydrogen-bond donors (Lipinski definition) is 2. The normalized spacial score (nSPS) is 12.0. The first-order valence-electron chi connectivity index (χ1n) is 3.58. The zero-order valence-corrected chi connectivity index (χ0v) is 7.54. The van der Waals surface area contributed by atoms with Crippen molar-refractivity contribution in [1.29, 1.82) is 5.26 Å². The number of carbonyl (C=O) groups is 1. The van der Waals surface area contributed by atoms with E-state index in [1.807, 2.05) is 6.07 Å². The molecule has 0 fully saturated rings. The van der Waals surface area contributed by atoms with Crippen LogP contribution >= 0.6 is 11.3 Å². The van der Waals surface area contributed by atoms with Gasteiger partial charge in [0.2, 0.25) is 0 Å². The van der Waals surface area contributed by atoms with Crippen LogP contribution in [0.3, 0.4) is 0 Å². The number of nitrogens with zero attached hydrogens (tertiary/aromatic N) is 1. The Morgan fingerprint density at radius 2 is 2.46 bits per heavy atom. The number of hydrogen-bond acceptors (Lipinski definition) is 4. The maximum absolute atomic E-state index is 10.7. The lowest BCUT2D eigenvalue weighted by molar-refractivity contribution is 0.0696. The van der Waals surface area contributed by atoms with Gasteiger partial charge in [-0.25, -0.2) is 4.79 Å². The molecule has 0 saturated heterocycles. The number of thiophene rings is 1. The molecule has 1 atom stereocenters. The van der Waals surface area contributed by atoms with Crippen molar-refractivity contribution < 1.29 is 9.90 Å². The van der Waals surface area contributed by atoms with Crippen LogP contribution in [0.1, 0.15) is 28.4 Å². The van der Waals surface area contributed by atoms with E-state index in [1.54, 1.807) is 5.38 Å². The zero-order valence-electron chi connectivity index (χ0n) is 6.73. The molecule has 1 aromatic heterocycles. The van der Waals surface area contributed by atoms with E-state index in [9.17, 15) is 4.79 Å². The first-order chi connectivity index (χ1) is 6.16. The van der Waals surface area contributed by atoms with E-state index in [2.05, 4.69) is 0 Å². The molecule has 0 aliphatic heterocycles. The molecule has 13 heavy (non-hydrogen) atoms. The Morgan fingerprint density at radius 3 is 3.00 bits per heavy atom. The predicted octanol–water partition coefficient (Wildman–Crippen LogP) is 1.36. The van der Waals surface area contributed by atoms with Crippen LogP contribution in [-0.2, 0) is 0 Å². The van der Waals surface area contributed by atoms with Crippen molar-refractivity contribution >= 4 is 17.3 Å². The lowest BCUT2D eigenvalue weighted by Gasteiger charge is -2.05. The monoisotopic (exact) mass is 196 g/mol. The third-order valence-electron chi connectivity index (χ3n) is 1.63. The number of aromatic carboxylic acids is 1. The molecule has 68 valence electrons. The summed E-state index contributed by atoms with van der Waals surface area (Å²) in [6.07, 6.45) is 0.136. The summed E-state index contributed by atoms with van der Waals surface area (Å²) in [5, 5.41) is 20.3.